The van der Waals surface area contributed by atoms with Crippen molar-refractivity contribution in [1.29, 1.82) is 0 Å². The number of nitrogens with one attached hydrogen (secondary N) is 1. The van der Waals surface area contributed by atoms with Crippen molar-refractivity contribution in [3.63, 3.8) is 0 Å². The van der Waals surface area contributed by atoms with Crippen molar-refractivity contribution >= 4 is 10.9 Å². The number of rotatable bonds is 4. The van der Waals surface area contributed by atoms with Crippen LogP contribution in [0.5, 0.6) is 0 Å². The van der Waals surface area contributed by atoms with Gasteiger partial charge in [0.1, 0.15) is 0 Å². The first kappa shape index (κ1) is 12.1. The van der Waals surface area contributed by atoms with Crippen LogP contribution in [0.1, 0.15) is 37.6 Å². The number of hydrogen-bond donors (Lipinski definition) is 1. The Morgan fingerprint density at radius 3 is 2.71 bits per heavy atom. The van der Waals surface area contributed by atoms with E-state index >= 15 is 0 Å². The van der Waals surface area contributed by atoms with Gasteiger partial charge in [0.2, 0.25) is 0 Å². The van der Waals surface area contributed by atoms with Crippen molar-refractivity contribution in [1.82, 2.24) is 10.3 Å². The number of pyridine rings is 1. The van der Waals surface area contributed by atoms with Crippen molar-refractivity contribution in [3.8, 4) is 0 Å². The summed E-state index contributed by atoms with van der Waals surface area (Å²) in [6, 6.07) is 11.0. The molecule has 2 rings (SSSR count). The van der Waals surface area contributed by atoms with E-state index in [1.54, 1.807) is 0 Å². The van der Waals surface area contributed by atoms with Crippen LogP contribution in [0.25, 0.3) is 10.9 Å². The Hall–Kier alpha value is -1.41. The first-order chi connectivity index (χ1) is 8.26. The minimum atomic E-state index is 0.423. The first-order valence-corrected chi connectivity index (χ1v) is 6.36. The standard InChI is InChI=1S/C15H20N2/c1-4-14(16-5-2)13-10-11(3)17-15-9-7-6-8-12(13)15/h6-10,14,16H,4-5H2,1-3H3. The maximum atomic E-state index is 4.59. The number of aromatic nitrogens is 1. The molecule has 0 bridgehead atoms. The van der Waals surface area contributed by atoms with Crippen LogP contribution in [0.4, 0.5) is 0 Å². The SMILES string of the molecule is CCNC(CC)c1cc(C)nc2ccccc12. The van der Waals surface area contributed by atoms with Gasteiger partial charge in [-0.15, -0.1) is 0 Å². The quantitative estimate of drug-likeness (QED) is 0.864. The summed E-state index contributed by atoms with van der Waals surface area (Å²) in [7, 11) is 0. The predicted molar refractivity (Wildman–Crippen MR) is 73.2 cm³/mol. The van der Waals surface area contributed by atoms with E-state index in [-0.39, 0.29) is 0 Å². The molecule has 0 aliphatic rings. The van der Waals surface area contributed by atoms with E-state index < -0.39 is 0 Å². The van der Waals surface area contributed by atoms with Crippen LogP contribution in [0, 0.1) is 6.92 Å². The highest BCUT2D eigenvalue weighted by Crippen LogP contribution is 2.25. The second-order valence-electron chi connectivity index (χ2n) is 4.39. The Bertz CT molecular complexity index is 505. The molecule has 1 heterocycles. The number of para-hydroxylation sites is 1. The number of nitrogens with zero attached hydrogens (tertiary/aromatic N) is 1. The van der Waals surface area contributed by atoms with Crippen molar-refractivity contribution in [2.45, 2.75) is 33.2 Å². The molecule has 17 heavy (non-hydrogen) atoms. The van der Waals surface area contributed by atoms with Gasteiger partial charge < -0.3 is 5.32 Å². The van der Waals surface area contributed by atoms with E-state index in [0.29, 0.717) is 6.04 Å². The summed E-state index contributed by atoms with van der Waals surface area (Å²) < 4.78 is 0. The van der Waals surface area contributed by atoms with Crippen molar-refractivity contribution in [3.05, 3.63) is 41.6 Å². The number of benzene rings is 1. The topological polar surface area (TPSA) is 24.9 Å². The van der Waals surface area contributed by atoms with Gasteiger partial charge in [-0.1, -0.05) is 32.0 Å². The number of hydrogen-bond acceptors (Lipinski definition) is 2. The summed E-state index contributed by atoms with van der Waals surface area (Å²) in [4.78, 5) is 4.59. The lowest BCUT2D eigenvalue weighted by Gasteiger charge is -2.18. The van der Waals surface area contributed by atoms with Crippen molar-refractivity contribution in [2.24, 2.45) is 0 Å². The summed E-state index contributed by atoms with van der Waals surface area (Å²) in [6.07, 6.45) is 1.10. The van der Waals surface area contributed by atoms with E-state index in [4.69, 9.17) is 0 Å². The van der Waals surface area contributed by atoms with Crippen LogP contribution in [0.2, 0.25) is 0 Å². The Morgan fingerprint density at radius 1 is 1.24 bits per heavy atom. The third-order valence-electron chi connectivity index (χ3n) is 3.11. The zero-order chi connectivity index (χ0) is 12.3. The number of fused-ring (bicyclic) bond motifs is 1. The van der Waals surface area contributed by atoms with Crippen LogP contribution in [0.15, 0.2) is 30.3 Å². The fourth-order valence-electron chi connectivity index (χ4n) is 2.35. The van der Waals surface area contributed by atoms with Gasteiger partial charge in [0.25, 0.3) is 0 Å². The van der Waals surface area contributed by atoms with Gasteiger partial charge >= 0.3 is 0 Å². The molecule has 0 spiro atoms. The summed E-state index contributed by atoms with van der Waals surface area (Å²) in [5, 5.41) is 4.81. The lowest BCUT2D eigenvalue weighted by molar-refractivity contribution is 0.540. The summed E-state index contributed by atoms with van der Waals surface area (Å²) in [6.45, 7) is 7.43. The van der Waals surface area contributed by atoms with Crippen LogP contribution in [0.3, 0.4) is 0 Å². The Morgan fingerprint density at radius 2 is 2.00 bits per heavy atom. The molecule has 1 aromatic heterocycles. The summed E-state index contributed by atoms with van der Waals surface area (Å²) in [5.74, 6) is 0. The van der Waals surface area contributed by atoms with E-state index in [9.17, 15) is 0 Å². The molecule has 0 saturated heterocycles. The van der Waals surface area contributed by atoms with Crippen LogP contribution < -0.4 is 5.32 Å². The largest absolute Gasteiger partial charge is 0.310 e. The fourth-order valence-corrected chi connectivity index (χ4v) is 2.35. The minimum absolute atomic E-state index is 0.423. The molecule has 0 aliphatic heterocycles. The lowest BCUT2D eigenvalue weighted by atomic mass is 9.99. The van der Waals surface area contributed by atoms with E-state index in [1.165, 1.54) is 10.9 Å². The molecule has 0 saturated carbocycles. The minimum Gasteiger partial charge on any atom is -0.310 e. The maximum Gasteiger partial charge on any atom is 0.0708 e. The molecule has 0 radical (unpaired) electrons. The summed E-state index contributed by atoms with van der Waals surface area (Å²) in [5.41, 5.74) is 3.56. The zero-order valence-electron chi connectivity index (χ0n) is 10.8. The van der Waals surface area contributed by atoms with Crippen LogP contribution in [-0.2, 0) is 0 Å². The molecule has 0 fully saturated rings. The molecule has 1 atom stereocenters. The Kier molecular flexibility index (Phi) is 3.75. The molecule has 2 heteroatoms. The summed E-state index contributed by atoms with van der Waals surface area (Å²) >= 11 is 0. The molecule has 1 aromatic carbocycles. The second-order valence-corrected chi connectivity index (χ2v) is 4.39. The zero-order valence-corrected chi connectivity index (χ0v) is 10.8. The predicted octanol–water partition coefficient (Wildman–Crippen LogP) is 3.60. The van der Waals surface area contributed by atoms with Gasteiger partial charge in [-0.05, 0) is 37.6 Å². The highest BCUT2D eigenvalue weighted by molar-refractivity contribution is 5.82. The maximum absolute atomic E-state index is 4.59. The molecule has 2 aromatic rings. The van der Waals surface area contributed by atoms with Gasteiger partial charge in [0, 0.05) is 17.1 Å². The smallest absolute Gasteiger partial charge is 0.0708 e. The van der Waals surface area contributed by atoms with E-state index in [0.717, 1.165) is 24.2 Å². The molecular formula is C15H20N2. The molecule has 0 amide bonds. The normalized spacial score (nSPS) is 12.9. The van der Waals surface area contributed by atoms with E-state index in [2.05, 4.69) is 55.3 Å². The molecule has 1 N–H and O–H groups in total. The highest BCUT2D eigenvalue weighted by atomic mass is 14.9. The molecule has 2 nitrogen and oxygen atoms in total. The number of aryl methyl sites for hydroxylation is 1. The van der Waals surface area contributed by atoms with Gasteiger partial charge in [-0.3, -0.25) is 4.98 Å². The molecule has 1 unspecified atom stereocenters. The third kappa shape index (κ3) is 2.47. The van der Waals surface area contributed by atoms with E-state index in [1.807, 2.05) is 6.07 Å². The average Bonchev–Trinajstić information content (AvgIpc) is 2.35. The fraction of sp³-hybridized carbons (Fsp3) is 0.400. The molecular weight excluding hydrogens is 208 g/mol. The average molecular weight is 228 g/mol. The van der Waals surface area contributed by atoms with Gasteiger partial charge in [-0.2, -0.15) is 0 Å². The Labute approximate surface area is 103 Å². The molecule has 0 aliphatic carbocycles. The Balaban J connectivity index is 2.58. The van der Waals surface area contributed by atoms with Crippen molar-refractivity contribution < 1.29 is 0 Å². The third-order valence-corrected chi connectivity index (χ3v) is 3.11. The highest BCUT2D eigenvalue weighted by Gasteiger charge is 2.12. The van der Waals surface area contributed by atoms with Crippen LogP contribution >= 0.6 is 0 Å². The first-order valence-electron chi connectivity index (χ1n) is 6.36. The lowest BCUT2D eigenvalue weighted by Crippen LogP contribution is -2.20. The monoisotopic (exact) mass is 228 g/mol. The molecule has 90 valence electrons. The van der Waals surface area contributed by atoms with Gasteiger partial charge in [0.15, 0.2) is 0 Å². The van der Waals surface area contributed by atoms with Crippen LogP contribution in [-0.4, -0.2) is 11.5 Å². The van der Waals surface area contributed by atoms with Gasteiger partial charge in [-0.25, -0.2) is 0 Å². The van der Waals surface area contributed by atoms with Crippen molar-refractivity contribution in [2.75, 3.05) is 6.54 Å². The van der Waals surface area contributed by atoms with Gasteiger partial charge in [0.05, 0.1) is 5.52 Å². The second kappa shape index (κ2) is 5.28.